The van der Waals surface area contributed by atoms with Gasteiger partial charge in [0.2, 0.25) is 0 Å². The van der Waals surface area contributed by atoms with Crippen molar-refractivity contribution in [1.82, 2.24) is 0 Å². The Kier molecular flexibility index (Phi) is 2.04. The highest BCUT2D eigenvalue weighted by Crippen LogP contribution is 2.09. The number of nitrogens with zero attached hydrogens (tertiary/aromatic N) is 1. The Hall–Kier alpha value is -0.590. The van der Waals surface area contributed by atoms with Crippen LogP contribution in [-0.2, 0) is 0 Å². The molecule has 50 valence electrons. The van der Waals surface area contributed by atoms with Gasteiger partial charge in [-0.15, -0.1) is 0 Å². The highest BCUT2D eigenvalue weighted by molar-refractivity contribution is 5.65. The van der Waals surface area contributed by atoms with E-state index in [2.05, 4.69) is 24.3 Å². The van der Waals surface area contributed by atoms with Crippen molar-refractivity contribution < 1.29 is 4.58 Å². The van der Waals surface area contributed by atoms with Gasteiger partial charge in [0, 0.05) is 12.8 Å². The maximum absolute atomic E-state index is 3.66. The molecule has 0 bridgehead atoms. The van der Waals surface area contributed by atoms with Crippen LogP contribution in [0, 0.1) is 0 Å². The summed E-state index contributed by atoms with van der Waals surface area (Å²) in [5.41, 5.74) is 0. The summed E-state index contributed by atoms with van der Waals surface area (Å²) in [4.78, 5) is 0. The lowest BCUT2D eigenvalue weighted by molar-refractivity contribution is -0.535. The highest BCUT2D eigenvalue weighted by atomic mass is 15.0. The predicted molar refractivity (Wildman–Crippen MR) is 40.1 cm³/mol. The monoisotopic (exact) mass is 124 g/mol. The molecule has 0 spiro atoms. The molecule has 1 saturated heterocycles. The molecular formula is C8H14N+. The Morgan fingerprint density at radius 3 is 2.89 bits per heavy atom. The largest absolute Gasteiger partial charge is 0.234 e. The first-order chi connectivity index (χ1) is 4.34. The van der Waals surface area contributed by atoms with Crippen LogP contribution in [0.1, 0.15) is 19.8 Å². The second-order valence-electron chi connectivity index (χ2n) is 2.61. The van der Waals surface area contributed by atoms with E-state index in [1.54, 1.807) is 0 Å². The third-order valence-electron chi connectivity index (χ3n) is 1.90. The van der Waals surface area contributed by atoms with E-state index in [9.17, 15) is 0 Å². The molecule has 0 saturated carbocycles. The van der Waals surface area contributed by atoms with Crippen molar-refractivity contribution in [2.75, 3.05) is 6.54 Å². The molecule has 9 heavy (non-hydrogen) atoms. The minimum Gasteiger partial charge on any atom is -0.234 e. The predicted octanol–water partition coefficient (Wildman–Crippen LogP) is 1.44. The molecule has 1 atom stereocenters. The van der Waals surface area contributed by atoms with Gasteiger partial charge in [-0.2, -0.15) is 0 Å². The van der Waals surface area contributed by atoms with Gasteiger partial charge in [0.1, 0.15) is 12.6 Å². The van der Waals surface area contributed by atoms with E-state index >= 15 is 0 Å². The molecule has 1 heteroatoms. The summed E-state index contributed by atoms with van der Waals surface area (Å²) >= 11 is 0. The molecule has 0 aliphatic carbocycles. The first-order valence-electron chi connectivity index (χ1n) is 3.56. The Morgan fingerprint density at radius 1 is 1.67 bits per heavy atom. The SMILES string of the molecule is C=CC=[N+]1CCC[C@H]1C. The zero-order chi connectivity index (χ0) is 6.69. The minimum atomic E-state index is 0.739. The summed E-state index contributed by atoms with van der Waals surface area (Å²) in [5, 5.41) is 0. The van der Waals surface area contributed by atoms with Crippen molar-refractivity contribution in [3.8, 4) is 0 Å². The number of allylic oxidation sites excluding steroid dienone is 1. The Bertz CT molecular complexity index is 136. The van der Waals surface area contributed by atoms with Crippen LogP contribution in [0.25, 0.3) is 0 Å². The lowest BCUT2D eigenvalue weighted by atomic mass is 10.3. The highest BCUT2D eigenvalue weighted by Gasteiger charge is 2.20. The van der Waals surface area contributed by atoms with E-state index in [4.69, 9.17) is 0 Å². The van der Waals surface area contributed by atoms with E-state index in [-0.39, 0.29) is 0 Å². The van der Waals surface area contributed by atoms with Crippen molar-refractivity contribution in [2.45, 2.75) is 25.8 Å². The van der Waals surface area contributed by atoms with Crippen LogP contribution in [0.15, 0.2) is 12.7 Å². The van der Waals surface area contributed by atoms with Crippen LogP contribution in [-0.4, -0.2) is 23.4 Å². The van der Waals surface area contributed by atoms with Gasteiger partial charge in [-0.25, -0.2) is 4.58 Å². The van der Waals surface area contributed by atoms with Crippen LogP contribution in [0.5, 0.6) is 0 Å². The smallest absolute Gasteiger partial charge is 0.162 e. The van der Waals surface area contributed by atoms with E-state index < -0.39 is 0 Å². The fraction of sp³-hybridized carbons (Fsp3) is 0.625. The molecular weight excluding hydrogens is 110 g/mol. The summed E-state index contributed by atoms with van der Waals surface area (Å²) in [6.07, 6.45) is 6.62. The van der Waals surface area contributed by atoms with E-state index in [0.717, 1.165) is 6.04 Å². The molecule has 0 aromatic carbocycles. The molecule has 0 radical (unpaired) electrons. The van der Waals surface area contributed by atoms with Crippen LogP contribution in [0.4, 0.5) is 0 Å². The maximum Gasteiger partial charge on any atom is 0.162 e. The van der Waals surface area contributed by atoms with Gasteiger partial charge >= 0.3 is 0 Å². The van der Waals surface area contributed by atoms with Gasteiger partial charge < -0.3 is 0 Å². The fourth-order valence-corrected chi connectivity index (χ4v) is 1.31. The lowest BCUT2D eigenvalue weighted by Gasteiger charge is -1.96. The third kappa shape index (κ3) is 1.41. The van der Waals surface area contributed by atoms with Crippen LogP contribution in [0.3, 0.4) is 0 Å². The summed E-state index contributed by atoms with van der Waals surface area (Å²) in [7, 11) is 0. The Labute approximate surface area is 56.7 Å². The standard InChI is InChI=1S/C8H14N/c1-3-6-9-7-4-5-8(9)2/h3,6,8H,1,4-5,7H2,2H3/q+1/t8-/m1/s1. The summed E-state index contributed by atoms with van der Waals surface area (Å²) in [6.45, 7) is 7.13. The molecule has 1 rings (SSSR count). The first-order valence-corrected chi connectivity index (χ1v) is 3.56. The van der Waals surface area contributed by atoms with Crippen LogP contribution >= 0.6 is 0 Å². The van der Waals surface area contributed by atoms with E-state index in [1.807, 2.05) is 6.08 Å². The van der Waals surface area contributed by atoms with Gasteiger partial charge in [-0.1, -0.05) is 6.58 Å². The van der Waals surface area contributed by atoms with Gasteiger partial charge in [0.25, 0.3) is 0 Å². The molecule has 1 nitrogen and oxygen atoms in total. The zero-order valence-electron chi connectivity index (χ0n) is 6.01. The van der Waals surface area contributed by atoms with E-state index in [1.165, 1.54) is 19.4 Å². The Balaban J connectivity index is 2.58. The first kappa shape index (κ1) is 6.53. The maximum atomic E-state index is 3.66. The van der Waals surface area contributed by atoms with E-state index in [0.29, 0.717) is 0 Å². The molecule has 0 unspecified atom stereocenters. The van der Waals surface area contributed by atoms with Gasteiger partial charge in [-0.3, -0.25) is 0 Å². The van der Waals surface area contributed by atoms with Gasteiger partial charge in [-0.05, 0) is 13.0 Å². The van der Waals surface area contributed by atoms with Crippen LogP contribution < -0.4 is 0 Å². The molecule has 0 aromatic rings. The fourth-order valence-electron chi connectivity index (χ4n) is 1.31. The molecule has 0 N–H and O–H groups in total. The average molecular weight is 124 g/mol. The second kappa shape index (κ2) is 2.81. The van der Waals surface area contributed by atoms with Crippen molar-refractivity contribution in [3.63, 3.8) is 0 Å². The molecule has 0 aromatic heterocycles. The van der Waals surface area contributed by atoms with Gasteiger partial charge in [0.05, 0.1) is 0 Å². The normalized spacial score (nSPS) is 31.2. The lowest BCUT2D eigenvalue weighted by Crippen LogP contribution is -2.15. The zero-order valence-corrected chi connectivity index (χ0v) is 6.01. The summed E-state index contributed by atoms with van der Waals surface area (Å²) in [5.74, 6) is 0. The summed E-state index contributed by atoms with van der Waals surface area (Å²) in [6, 6.07) is 0.739. The van der Waals surface area contributed by atoms with Crippen LogP contribution in [0.2, 0.25) is 0 Å². The molecule has 0 amide bonds. The third-order valence-corrected chi connectivity index (χ3v) is 1.90. The van der Waals surface area contributed by atoms with Gasteiger partial charge in [0.15, 0.2) is 6.21 Å². The molecule has 1 aliphatic rings. The van der Waals surface area contributed by atoms with Crippen molar-refractivity contribution in [2.24, 2.45) is 0 Å². The average Bonchev–Trinajstić information content (AvgIpc) is 2.18. The van der Waals surface area contributed by atoms with Crippen molar-refractivity contribution >= 4 is 6.21 Å². The minimum absolute atomic E-state index is 0.739. The summed E-state index contributed by atoms with van der Waals surface area (Å²) < 4.78 is 2.34. The Morgan fingerprint density at radius 2 is 2.44 bits per heavy atom. The van der Waals surface area contributed by atoms with Crippen molar-refractivity contribution in [3.05, 3.63) is 12.7 Å². The quantitative estimate of drug-likeness (QED) is 0.465. The molecule has 1 heterocycles. The second-order valence-corrected chi connectivity index (χ2v) is 2.61. The molecule has 1 aliphatic heterocycles. The topological polar surface area (TPSA) is 3.01 Å². The number of hydrogen-bond donors (Lipinski definition) is 0. The van der Waals surface area contributed by atoms with Crippen molar-refractivity contribution in [1.29, 1.82) is 0 Å². The molecule has 1 fully saturated rings. The number of rotatable bonds is 1. The number of hydrogen-bond acceptors (Lipinski definition) is 0.